The summed E-state index contributed by atoms with van der Waals surface area (Å²) in [7, 11) is 1.33. The average molecular weight is 327 g/mol. The Kier molecular flexibility index (Phi) is 4.01. The number of aromatic nitrogens is 2. The van der Waals surface area contributed by atoms with Crippen LogP contribution in [0.5, 0.6) is 0 Å². The highest BCUT2D eigenvalue weighted by molar-refractivity contribution is 6.62. The lowest BCUT2D eigenvalue weighted by atomic mass is 9.79. The van der Waals surface area contributed by atoms with Gasteiger partial charge in [-0.25, -0.2) is 0 Å². The summed E-state index contributed by atoms with van der Waals surface area (Å²) >= 11 is 0. The van der Waals surface area contributed by atoms with Crippen molar-refractivity contribution in [2.45, 2.75) is 38.9 Å². The van der Waals surface area contributed by atoms with Gasteiger partial charge in [0.25, 0.3) is 5.91 Å². The molecule has 1 aromatic carbocycles. The minimum absolute atomic E-state index is 0.196. The van der Waals surface area contributed by atoms with Crippen LogP contribution in [0.3, 0.4) is 0 Å². The maximum Gasteiger partial charge on any atom is 0.494 e. The number of rotatable bonds is 3. The number of carbonyl (C=O) groups is 1. The van der Waals surface area contributed by atoms with Gasteiger partial charge in [0.05, 0.1) is 11.2 Å². The van der Waals surface area contributed by atoms with Crippen molar-refractivity contribution in [1.29, 1.82) is 0 Å². The molecular weight excluding hydrogens is 305 g/mol. The zero-order valence-electron chi connectivity index (χ0n) is 14.7. The molecule has 7 heteroatoms. The van der Waals surface area contributed by atoms with Crippen LogP contribution < -0.4 is 10.8 Å². The summed E-state index contributed by atoms with van der Waals surface area (Å²) in [6.07, 6.45) is 1.59. The number of nitrogens with zero attached hydrogens (tertiary/aromatic N) is 2. The lowest BCUT2D eigenvalue weighted by Gasteiger charge is -2.32. The fraction of sp³-hybridized carbons (Fsp3) is 0.412. The van der Waals surface area contributed by atoms with Crippen molar-refractivity contribution in [3.63, 3.8) is 0 Å². The molecule has 0 saturated carbocycles. The maximum atomic E-state index is 12.2. The monoisotopic (exact) mass is 327 g/mol. The summed E-state index contributed by atoms with van der Waals surface area (Å²) < 4.78 is 13.6. The summed E-state index contributed by atoms with van der Waals surface area (Å²) in [4.78, 5) is 12.2. The van der Waals surface area contributed by atoms with Crippen molar-refractivity contribution in [3.05, 3.63) is 42.2 Å². The first-order chi connectivity index (χ1) is 11.2. The van der Waals surface area contributed by atoms with E-state index in [0.29, 0.717) is 11.4 Å². The summed E-state index contributed by atoms with van der Waals surface area (Å²) in [6.45, 7) is 8.09. The van der Waals surface area contributed by atoms with E-state index in [0.717, 1.165) is 5.46 Å². The molecule has 1 amide bonds. The normalized spacial score (nSPS) is 18.6. The third kappa shape index (κ3) is 2.97. The van der Waals surface area contributed by atoms with Crippen molar-refractivity contribution >= 4 is 24.2 Å². The molecule has 0 spiro atoms. The highest BCUT2D eigenvalue weighted by atomic mass is 16.7. The highest BCUT2D eigenvalue weighted by Crippen LogP contribution is 2.36. The standard InChI is InChI=1S/C17H22BN3O3/c1-16(2)17(3,4)24-18(23-16)12-6-8-13(9-7-12)20-15(22)14-10-11-19-21(14)5/h6-11H,1-5H3,(H,20,22). The summed E-state index contributed by atoms with van der Waals surface area (Å²) in [5, 5.41) is 6.85. The first kappa shape index (κ1) is 16.7. The van der Waals surface area contributed by atoms with Gasteiger partial charge >= 0.3 is 7.12 Å². The predicted molar refractivity (Wildman–Crippen MR) is 93.3 cm³/mol. The molecular formula is C17H22BN3O3. The molecule has 1 aliphatic heterocycles. The quantitative estimate of drug-likeness (QED) is 0.876. The second-order valence-corrected chi connectivity index (χ2v) is 7.00. The first-order valence-electron chi connectivity index (χ1n) is 7.94. The van der Waals surface area contributed by atoms with Crippen LogP contribution in [-0.4, -0.2) is 34.0 Å². The van der Waals surface area contributed by atoms with Gasteiger partial charge in [-0.05, 0) is 51.4 Å². The molecule has 3 rings (SSSR count). The Morgan fingerprint density at radius 1 is 1.08 bits per heavy atom. The van der Waals surface area contributed by atoms with Crippen LogP contribution >= 0.6 is 0 Å². The predicted octanol–water partition coefficient (Wildman–Crippen LogP) is 1.97. The largest absolute Gasteiger partial charge is 0.494 e. The van der Waals surface area contributed by atoms with Gasteiger partial charge in [0.15, 0.2) is 0 Å². The van der Waals surface area contributed by atoms with Gasteiger partial charge in [0.2, 0.25) is 0 Å². The molecule has 0 bridgehead atoms. The number of nitrogens with one attached hydrogen (secondary N) is 1. The topological polar surface area (TPSA) is 65.4 Å². The number of hydrogen-bond acceptors (Lipinski definition) is 4. The van der Waals surface area contributed by atoms with E-state index in [1.165, 1.54) is 4.68 Å². The van der Waals surface area contributed by atoms with Crippen molar-refractivity contribution in [3.8, 4) is 0 Å². The average Bonchev–Trinajstić information content (AvgIpc) is 3.01. The van der Waals surface area contributed by atoms with Crippen molar-refractivity contribution in [2.24, 2.45) is 7.05 Å². The molecule has 0 radical (unpaired) electrons. The Balaban J connectivity index is 1.71. The number of benzene rings is 1. The van der Waals surface area contributed by atoms with Crippen LogP contribution in [0.25, 0.3) is 0 Å². The van der Waals surface area contributed by atoms with E-state index in [-0.39, 0.29) is 17.1 Å². The van der Waals surface area contributed by atoms with Gasteiger partial charge in [-0.1, -0.05) is 12.1 Å². The van der Waals surface area contributed by atoms with Gasteiger partial charge in [-0.15, -0.1) is 0 Å². The second-order valence-electron chi connectivity index (χ2n) is 7.00. The van der Waals surface area contributed by atoms with Crippen LogP contribution in [0.1, 0.15) is 38.2 Å². The highest BCUT2D eigenvalue weighted by Gasteiger charge is 2.51. The zero-order valence-corrected chi connectivity index (χ0v) is 14.7. The number of hydrogen-bond donors (Lipinski definition) is 1. The molecule has 24 heavy (non-hydrogen) atoms. The molecule has 2 aromatic rings. The Labute approximate surface area is 142 Å². The minimum atomic E-state index is -0.406. The molecule has 0 atom stereocenters. The molecule has 1 aliphatic rings. The molecule has 1 aromatic heterocycles. The van der Waals surface area contributed by atoms with E-state index in [2.05, 4.69) is 10.4 Å². The second kappa shape index (κ2) is 5.75. The molecule has 1 fully saturated rings. The SMILES string of the molecule is Cn1nccc1C(=O)Nc1ccc(B2OC(C)(C)C(C)(C)O2)cc1. The fourth-order valence-corrected chi connectivity index (χ4v) is 2.49. The number of carbonyl (C=O) groups excluding carboxylic acids is 1. The molecule has 0 aliphatic carbocycles. The molecule has 0 unspecified atom stereocenters. The van der Waals surface area contributed by atoms with Crippen LogP contribution in [0.15, 0.2) is 36.5 Å². The lowest BCUT2D eigenvalue weighted by molar-refractivity contribution is 0.00578. The Hall–Kier alpha value is -2.12. The van der Waals surface area contributed by atoms with Crippen LogP contribution in [0.4, 0.5) is 5.69 Å². The zero-order chi connectivity index (χ0) is 17.5. The van der Waals surface area contributed by atoms with Gasteiger partial charge in [0, 0.05) is 18.9 Å². The molecule has 6 nitrogen and oxygen atoms in total. The Morgan fingerprint density at radius 2 is 1.67 bits per heavy atom. The first-order valence-corrected chi connectivity index (χ1v) is 7.94. The number of aryl methyl sites for hydroxylation is 1. The van der Waals surface area contributed by atoms with Crippen molar-refractivity contribution in [1.82, 2.24) is 9.78 Å². The summed E-state index contributed by atoms with van der Waals surface area (Å²) in [6, 6.07) is 9.17. The van der Waals surface area contributed by atoms with Gasteiger partial charge in [-0.2, -0.15) is 5.10 Å². The van der Waals surface area contributed by atoms with Crippen molar-refractivity contribution in [2.75, 3.05) is 5.32 Å². The van der Waals surface area contributed by atoms with E-state index in [4.69, 9.17) is 9.31 Å². The lowest BCUT2D eigenvalue weighted by Crippen LogP contribution is -2.41. The Bertz CT molecular complexity index is 737. The van der Waals surface area contributed by atoms with Crippen LogP contribution in [-0.2, 0) is 16.4 Å². The van der Waals surface area contributed by atoms with E-state index in [9.17, 15) is 4.79 Å². The summed E-state index contributed by atoms with van der Waals surface area (Å²) in [5.41, 5.74) is 1.40. The van der Waals surface area contributed by atoms with Crippen LogP contribution in [0, 0.1) is 0 Å². The van der Waals surface area contributed by atoms with E-state index >= 15 is 0 Å². The van der Waals surface area contributed by atoms with E-state index < -0.39 is 7.12 Å². The third-order valence-corrected chi connectivity index (χ3v) is 4.75. The number of amides is 1. The number of anilines is 1. The van der Waals surface area contributed by atoms with Crippen LogP contribution in [0.2, 0.25) is 0 Å². The fourth-order valence-electron chi connectivity index (χ4n) is 2.49. The van der Waals surface area contributed by atoms with Gasteiger partial charge < -0.3 is 14.6 Å². The smallest absolute Gasteiger partial charge is 0.399 e. The summed E-state index contributed by atoms with van der Waals surface area (Å²) in [5.74, 6) is -0.196. The molecule has 126 valence electrons. The third-order valence-electron chi connectivity index (χ3n) is 4.75. The Morgan fingerprint density at radius 3 is 2.17 bits per heavy atom. The molecule has 1 saturated heterocycles. The minimum Gasteiger partial charge on any atom is -0.399 e. The van der Waals surface area contributed by atoms with E-state index in [1.807, 2.05) is 52.0 Å². The molecule has 1 N–H and O–H groups in total. The van der Waals surface area contributed by atoms with E-state index in [1.54, 1.807) is 19.3 Å². The van der Waals surface area contributed by atoms with Crippen molar-refractivity contribution < 1.29 is 14.1 Å². The maximum absolute atomic E-state index is 12.2. The molecule has 2 heterocycles. The van der Waals surface area contributed by atoms with Gasteiger partial charge in [0.1, 0.15) is 5.69 Å². The van der Waals surface area contributed by atoms with Gasteiger partial charge in [-0.3, -0.25) is 9.48 Å².